The van der Waals surface area contributed by atoms with Gasteiger partial charge in [-0.25, -0.2) is 4.98 Å². The average molecular weight is 298 g/mol. The maximum Gasteiger partial charge on any atom is 0.126 e. The number of aliphatic hydroxyl groups excluding tert-OH is 1. The van der Waals surface area contributed by atoms with Crippen molar-refractivity contribution in [2.24, 2.45) is 0 Å². The minimum atomic E-state index is 0.0876. The molecular formula is C19H26N2O. The van der Waals surface area contributed by atoms with E-state index in [1.165, 1.54) is 29.5 Å². The molecule has 0 saturated carbocycles. The molecule has 0 fully saturated rings. The molecule has 0 aliphatic heterocycles. The minimum absolute atomic E-state index is 0.0876. The monoisotopic (exact) mass is 298 g/mol. The Bertz CT molecular complexity index is 606. The summed E-state index contributed by atoms with van der Waals surface area (Å²) in [6.07, 6.45) is 5.46. The van der Waals surface area contributed by atoms with E-state index in [1.54, 1.807) is 0 Å². The molecule has 22 heavy (non-hydrogen) atoms. The molecule has 1 heterocycles. The van der Waals surface area contributed by atoms with E-state index in [-0.39, 0.29) is 6.61 Å². The molecule has 3 N–H and O–H groups in total. The number of pyridine rings is 1. The number of benzene rings is 1. The van der Waals surface area contributed by atoms with Gasteiger partial charge in [0.1, 0.15) is 5.82 Å². The lowest BCUT2D eigenvalue weighted by molar-refractivity contribution is 0.282. The summed E-state index contributed by atoms with van der Waals surface area (Å²) in [5.41, 5.74) is 11.6. The molecule has 0 bridgehead atoms. The van der Waals surface area contributed by atoms with Gasteiger partial charge in [-0.2, -0.15) is 0 Å². The molecule has 0 saturated heterocycles. The van der Waals surface area contributed by atoms with Crippen molar-refractivity contribution in [1.29, 1.82) is 0 Å². The first-order valence-electron chi connectivity index (χ1n) is 8.07. The van der Waals surface area contributed by atoms with Gasteiger partial charge < -0.3 is 10.8 Å². The van der Waals surface area contributed by atoms with Crippen molar-refractivity contribution >= 4 is 5.82 Å². The number of nitrogens with zero attached hydrogens (tertiary/aromatic N) is 1. The summed E-state index contributed by atoms with van der Waals surface area (Å²) in [5, 5.41) is 9.11. The Hall–Kier alpha value is -1.87. The molecule has 0 spiro atoms. The number of aromatic nitrogens is 1. The van der Waals surface area contributed by atoms with Gasteiger partial charge in [-0.3, -0.25) is 0 Å². The third-order valence-electron chi connectivity index (χ3n) is 4.08. The molecule has 0 atom stereocenters. The maximum atomic E-state index is 9.11. The fourth-order valence-corrected chi connectivity index (χ4v) is 2.64. The summed E-state index contributed by atoms with van der Waals surface area (Å²) in [5.74, 6) is 0.674. The molecule has 0 aliphatic carbocycles. The summed E-state index contributed by atoms with van der Waals surface area (Å²) >= 11 is 0. The van der Waals surface area contributed by atoms with Crippen molar-refractivity contribution in [2.75, 3.05) is 5.73 Å². The standard InChI is InChI=1S/C19H26N2O/c1-3-4-5-6-17-12-18(14(2)21-19(17)20)11-15-7-9-16(13-22)10-8-15/h7-10,12,22H,3-6,11,13H2,1-2H3,(H2,20,21). The van der Waals surface area contributed by atoms with Crippen molar-refractivity contribution in [2.45, 2.75) is 52.6 Å². The summed E-state index contributed by atoms with van der Waals surface area (Å²) in [7, 11) is 0. The smallest absolute Gasteiger partial charge is 0.126 e. The number of unbranched alkanes of at least 4 members (excludes halogenated alkanes) is 2. The topological polar surface area (TPSA) is 59.1 Å². The van der Waals surface area contributed by atoms with Gasteiger partial charge in [-0.05, 0) is 48.4 Å². The quantitative estimate of drug-likeness (QED) is 0.765. The van der Waals surface area contributed by atoms with Gasteiger partial charge in [-0.1, -0.05) is 50.1 Å². The first-order chi connectivity index (χ1) is 10.6. The van der Waals surface area contributed by atoms with Crippen molar-refractivity contribution in [3.05, 3.63) is 58.3 Å². The van der Waals surface area contributed by atoms with Crippen LogP contribution in [0, 0.1) is 6.92 Å². The average Bonchev–Trinajstić information content (AvgIpc) is 2.52. The van der Waals surface area contributed by atoms with Gasteiger partial charge in [-0.15, -0.1) is 0 Å². The van der Waals surface area contributed by atoms with Crippen LogP contribution < -0.4 is 5.73 Å². The predicted octanol–water partition coefficient (Wildman–Crippen LogP) is 3.79. The molecule has 1 aromatic heterocycles. The largest absolute Gasteiger partial charge is 0.392 e. The predicted molar refractivity (Wildman–Crippen MR) is 91.8 cm³/mol. The second-order valence-corrected chi connectivity index (χ2v) is 5.89. The fourth-order valence-electron chi connectivity index (χ4n) is 2.64. The van der Waals surface area contributed by atoms with Crippen LogP contribution in [-0.2, 0) is 19.4 Å². The summed E-state index contributed by atoms with van der Waals surface area (Å²) in [6, 6.07) is 10.3. The highest BCUT2D eigenvalue weighted by Gasteiger charge is 2.08. The van der Waals surface area contributed by atoms with Crippen LogP contribution in [0.2, 0.25) is 0 Å². The van der Waals surface area contributed by atoms with Crippen molar-refractivity contribution in [3.63, 3.8) is 0 Å². The van der Waals surface area contributed by atoms with E-state index in [2.05, 4.69) is 30.1 Å². The van der Waals surface area contributed by atoms with Gasteiger partial charge in [0, 0.05) is 5.69 Å². The molecular weight excluding hydrogens is 272 g/mol. The zero-order valence-corrected chi connectivity index (χ0v) is 13.6. The minimum Gasteiger partial charge on any atom is -0.392 e. The molecule has 0 aliphatic rings. The van der Waals surface area contributed by atoms with Crippen LogP contribution in [0.3, 0.4) is 0 Å². The number of nitrogen functional groups attached to an aromatic ring is 1. The summed E-state index contributed by atoms with van der Waals surface area (Å²) in [4.78, 5) is 4.52. The van der Waals surface area contributed by atoms with Gasteiger partial charge in [0.05, 0.1) is 6.61 Å². The summed E-state index contributed by atoms with van der Waals surface area (Å²) < 4.78 is 0. The molecule has 3 nitrogen and oxygen atoms in total. The van der Waals surface area contributed by atoms with E-state index in [9.17, 15) is 0 Å². The molecule has 2 aromatic rings. The number of hydrogen-bond acceptors (Lipinski definition) is 3. The van der Waals surface area contributed by atoms with E-state index < -0.39 is 0 Å². The van der Waals surface area contributed by atoms with E-state index in [1.807, 2.05) is 19.1 Å². The third kappa shape index (κ3) is 4.31. The van der Waals surface area contributed by atoms with E-state index in [4.69, 9.17) is 10.8 Å². The number of hydrogen-bond donors (Lipinski definition) is 2. The van der Waals surface area contributed by atoms with Crippen LogP contribution in [0.4, 0.5) is 5.82 Å². The molecule has 2 rings (SSSR count). The van der Waals surface area contributed by atoms with E-state index in [0.29, 0.717) is 5.82 Å². The number of nitrogens with two attached hydrogens (primary N) is 1. The van der Waals surface area contributed by atoms with Gasteiger partial charge >= 0.3 is 0 Å². The molecule has 118 valence electrons. The number of anilines is 1. The van der Waals surface area contributed by atoms with Gasteiger partial charge in [0.2, 0.25) is 0 Å². The van der Waals surface area contributed by atoms with Gasteiger partial charge in [0.15, 0.2) is 0 Å². The molecule has 0 unspecified atom stereocenters. The Morgan fingerprint density at radius 1 is 1.05 bits per heavy atom. The number of rotatable bonds is 7. The molecule has 3 heteroatoms. The van der Waals surface area contributed by atoms with Crippen LogP contribution in [0.1, 0.15) is 54.1 Å². The number of aryl methyl sites for hydroxylation is 2. The lowest BCUT2D eigenvalue weighted by Crippen LogP contribution is -2.04. The third-order valence-corrected chi connectivity index (χ3v) is 4.08. The highest BCUT2D eigenvalue weighted by Crippen LogP contribution is 2.20. The van der Waals surface area contributed by atoms with E-state index in [0.717, 1.165) is 30.5 Å². The highest BCUT2D eigenvalue weighted by molar-refractivity contribution is 5.45. The molecule has 0 radical (unpaired) electrons. The first kappa shape index (κ1) is 16.5. The first-order valence-corrected chi connectivity index (χ1v) is 8.07. The normalized spacial score (nSPS) is 10.9. The summed E-state index contributed by atoms with van der Waals surface area (Å²) in [6.45, 7) is 4.31. The van der Waals surface area contributed by atoms with Crippen molar-refractivity contribution < 1.29 is 5.11 Å². The fraction of sp³-hybridized carbons (Fsp3) is 0.421. The lowest BCUT2D eigenvalue weighted by atomic mass is 9.99. The zero-order valence-electron chi connectivity index (χ0n) is 13.6. The zero-order chi connectivity index (χ0) is 15.9. The molecule has 0 amide bonds. The Morgan fingerprint density at radius 3 is 2.36 bits per heavy atom. The van der Waals surface area contributed by atoms with Crippen LogP contribution in [-0.4, -0.2) is 10.1 Å². The van der Waals surface area contributed by atoms with Crippen LogP contribution in [0.25, 0.3) is 0 Å². The maximum absolute atomic E-state index is 9.11. The highest BCUT2D eigenvalue weighted by atomic mass is 16.3. The second kappa shape index (κ2) is 7.95. The Labute approximate surface area is 133 Å². The Morgan fingerprint density at radius 2 is 1.73 bits per heavy atom. The Balaban J connectivity index is 2.16. The van der Waals surface area contributed by atoms with Crippen LogP contribution >= 0.6 is 0 Å². The van der Waals surface area contributed by atoms with Crippen LogP contribution in [0.15, 0.2) is 30.3 Å². The van der Waals surface area contributed by atoms with Gasteiger partial charge in [0.25, 0.3) is 0 Å². The number of aliphatic hydroxyl groups is 1. The van der Waals surface area contributed by atoms with E-state index >= 15 is 0 Å². The second-order valence-electron chi connectivity index (χ2n) is 5.89. The molecule has 1 aromatic carbocycles. The van der Waals surface area contributed by atoms with Crippen LogP contribution in [0.5, 0.6) is 0 Å². The Kier molecular flexibility index (Phi) is 5.96. The lowest BCUT2D eigenvalue weighted by Gasteiger charge is -2.11. The van der Waals surface area contributed by atoms with Crippen molar-refractivity contribution in [1.82, 2.24) is 4.98 Å². The van der Waals surface area contributed by atoms with Crippen molar-refractivity contribution in [3.8, 4) is 0 Å². The SMILES string of the molecule is CCCCCc1cc(Cc2ccc(CO)cc2)c(C)nc1N.